The molecule has 1 heterocycles. The zero-order valence-electron chi connectivity index (χ0n) is 14.0. The largest absolute Gasteiger partial charge is 0.489 e. The van der Waals surface area contributed by atoms with Gasteiger partial charge in [-0.2, -0.15) is 0 Å². The first kappa shape index (κ1) is 16.5. The van der Waals surface area contributed by atoms with Gasteiger partial charge in [0.2, 0.25) is 0 Å². The molecule has 1 aliphatic heterocycles. The average Bonchev–Trinajstić information content (AvgIpc) is 2.63. The SMILES string of the molecule is CC1CCNCC1NC(=O)c1ccc(COc2ccccc2)cc1. The standard InChI is InChI=1S/C20H24N2O2/c1-15-11-12-21-13-19(15)22-20(23)17-9-7-16(8-10-17)14-24-18-5-3-2-4-6-18/h2-10,15,19,21H,11-14H2,1H3,(H,22,23). The molecule has 2 unspecified atom stereocenters. The van der Waals surface area contributed by atoms with E-state index in [-0.39, 0.29) is 11.9 Å². The lowest BCUT2D eigenvalue weighted by Crippen LogP contribution is -2.50. The van der Waals surface area contributed by atoms with Gasteiger partial charge >= 0.3 is 0 Å². The van der Waals surface area contributed by atoms with Gasteiger partial charge in [-0.25, -0.2) is 0 Å². The van der Waals surface area contributed by atoms with Gasteiger partial charge < -0.3 is 15.4 Å². The molecular formula is C20H24N2O2. The maximum Gasteiger partial charge on any atom is 0.251 e. The highest BCUT2D eigenvalue weighted by Crippen LogP contribution is 2.14. The first-order valence-electron chi connectivity index (χ1n) is 8.51. The molecule has 1 saturated heterocycles. The number of hydrogen-bond donors (Lipinski definition) is 2. The molecule has 3 rings (SSSR count). The zero-order chi connectivity index (χ0) is 16.8. The molecule has 0 saturated carbocycles. The zero-order valence-corrected chi connectivity index (χ0v) is 14.0. The Hall–Kier alpha value is -2.33. The first-order chi connectivity index (χ1) is 11.7. The molecular weight excluding hydrogens is 300 g/mol. The Morgan fingerprint density at radius 1 is 1.17 bits per heavy atom. The average molecular weight is 324 g/mol. The number of para-hydroxylation sites is 1. The second-order valence-electron chi connectivity index (χ2n) is 6.35. The number of rotatable bonds is 5. The van der Waals surface area contributed by atoms with Gasteiger partial charge in [-0.3, -0.25) is 4.79 Å². The fourth-order valence-corrected chi connectivity index (χ4v) is 2.87. The van der Waals surface area contributed by atoms with Crippen molar-refractivity contribution in [1.82, 2.24) is 10.6 Å². The lowest BCUT2D eigenvalue weighted by Gasteiger charge is -2.30. The number of nitrogens with one attached hydrogen (secondary N) is 2. The van der Waals surface area contributed by atoms with Gasteiger partial charge in [0, 0.05) is 18.2 Å². The van der Waals surface area contributed by atoms with Crippen molar-refractivity contribution in [3.8, 4) is 5.75 Å². The van der Waals surface area contributed by atoms with Crippen LogP contribution in [0, 0.1) is 5.92 Å². The Balaban J connectivity index is 1.54. The summed E-state index contributed by atoms with van der Waals surface area (Å²) >= 11 is 0. The topological polar surface area (TPSA) is 50.4 Å². The molecule has 2 aromatic carbocycles. The van der Waals surface area contributed by atoms with Gasteiger partial charge in [-0.05, 0) is 48.7 Å². The maximum absolute atomic E-state index is 12.4. The van der Waals surface area contributed by atoms with Crippen molar-refractivity contribution >= 4 is 5.91 Å². The molecule has 0 radical (unpaired) electrons. The fraction of sp³-hybridized carbons (Fsp3) is 0.350. The molecule has 24 heavy (non-hydrogen) atoms. The molecule has 0 aliphatic carbocycles. The Morgan fingerprint density at radius 3 is 2.62 bits per heavy atom. The lowest BCUT2D eigenvalue weighted by molar-refractivity contribution is 0.0915. The van der Waals surface area contributed by atoms with Crippen molar-refractivity contribution < 1.29 is 9.53 Å². The molecule has 0 bridgehead atoms. The molecule has 2 atom stereocenters. The quantitative estimate of drug-likeness (QED) is 0.889. The third-order valence-electron chi connectivity index (χ3n) is 4.51. The molecule has 0 aromatic heterocycles. The van der Waals surface area contributed by atoms with Crippen LogP contribution in [0.4, 0.5) is 0 Å². The maximum atomic E-state index is 12.4. The Morgan fingerprint density at radius 2 is 1.92 bits per heavy atom. The number of ether oxygens (including phenoxy) is 1. The van der Waals surface area contributed by atoms with Gasteiger partial charge in [0.15, 0.2) is 0 Å². The Kier molecular flexibility index (Phi) is 5.49. The van der Waals surface area contributed by atoms with E-state index in [4.69, 9.17) is 4.74 Å². The van der Waals surface area contributed by atoms with Crippen molar-refractivity contribution in [2.75, 3.05) is 13.1 Å². The number of piperidine rings is 1. The van der Waals surface area contributed by atoms with Gasteiger partial charge in [0.25, 0.3) is 5.91 Å². The summed E-state index contributed by atoms with van der Waals surface area (Å²) in [5, 5.41) is 6.46. The van der Waals surface area contributed by atoms with E-state index in [1.165, 1.54) is 0 Å². The summed E-state index contributed by atoms with van der Waals surface area (Å²) in [6.45, 7) is 4.56. The second kappa shape index (κ2) is 7.97. The van der Waals surface area contributed by atoms with E-state index < -0.39 is 0 Å². The van der Waals surface area contributed by atoms with Crippen LogP contribution in [0.3, 0.4) is 0 Å². The van der Waals surface area contributed by atoms with Crippen molar-refractivity contribution in [3.63, 3.8) is 0 Å². The Bertz CT molecular complexity index is 655. The summed E-state index contributed by atoms with van der Waals surface area (Å²) < 4.78 is 5.72. The van der Waals surface area contributed by atoms with Gasteiger partial charge in [0.05, 0.1) is 0 Å². The number of carbonyl (C=O) groups excluding carboxylic acids is 1. The summed E-state index contributed by atoms with van der Waals surface area (Å²) in [5.74, 6) is 1.35. The van der Waals surface area contributed by atoms with Crippen molar-refractivity contribution in [2.24, 2.45) is 5.92 Å². The third kappa shape index (κ3) is 4.36. The van der Waals surface area contributed by atoms with Gasteiger partial charge in [-0.15, -0.1) is 0 Å². The fourth-order valence-electron chi connectivity index (χ4n) is 2.87. The Labute approximate surface area is 143 Å². The monoisotopic (exact) mass is 324 g/mol. The van der Waals surface area contributed by atoms with E-state index in [0.29, 0.717) is 18.1 Å². The highest BCUT2D eigenvalue weighted by atomic mass is 16.5. The summed E-state index contributed by atoms with van der Waals surface area (Å²) in [7, 11) is 0. The summed E-state index contributed by atoms with van der Waals surface area (Å²) in [5.41, 5.74) is 1.74. The van der Waals surface area contributed by atoms with Crippen LogP contribution in [-0.2, 0) is 6.61 Å². The molecule has 0 spiro atoms. The van der Waals surface area contributed by atoms with Crippen molar-refractivity contribution in [1.29, 1.82) is 0 Å². The first-order valence-corrected chi connectivity index (χ1v) is 8.51. The number of benzene rings is 2. The van der Waals surface area contributed by atoms with Crippen LogP contribution in [0.1, 0.15) is 29.3 Å². The molecule has 1 amide bonds. The lowest BCUT2D eigenvalue weighted by atomic mass is 9.94. The minimum Gasteiger partial charge on any atom is -0.489 e. The molecule has 4 heteroatoms. The van der Waals surface area contributed by atoms with Crippen molar-refractivity contribution in [2.45, 2.75) is 26.0 Å². The van der Waals surface area contributed by atoms with E-state index in [0.717, 1.165) is 30.8 Å². The highest BCUT2D eigenvalue weighted by Gasteiger charge is 2.22. The summed E-state index contributed by atoms with van der Waals surface area (Å²) in [4.78, 5) is 12.4. The predicted molar refractivity (Wildman–Crippen MR) is 95.1 cm³/mol. The van der Waals surface area contributed by atoms with E-state index in [1.807, 2.05) is 54.6 Å². The number of amides is 1. The van der Waals surface area contributed by atoms with E-state index in [2.05, 4.69) is 17.6 Å². The molecule has 4 nitrogen and oxygen atoms in total. The normalized spacial score (nSPS) is 20.4. The van der Waals surface area contributed by atoms with Crippen LogP contribution in [0.25, 0.3) is 0 Å². The number of hydrogen-bond acceptors (Lipinski definition) is 3. The van der Waals surface area contributed by atoms with Gasteiger partial charge in [-0.1, -0.05) is 37.3 Å². The second-order valence-corrected chi connectivity index (χ2v) is 6.35. The summed E-state index contributed by atoms with van der Waals surface area (Å²) in [6, 6.07) is 17.5. The van der Waals surface area contributed by atoms with Crippen LogP contribution in [0.2, 0.25) is 0 Å². The van der Waals surface area contributed by atoms with Gasteiger partial charge in [0.1, 0.15) is 12.4 Å². The van der Waals surface area contributed by atoms with Crippen LogP contribution in [0.15, 0.2) is 54.6 Å². The van der Waals surface area contributed by atoms with E-state index >= 15 is 0 Å². The van der Waals surface area contributed by atoms with Crippen LogP contribution in [-0.4, -0.2) is 25.0 Å². The minimum absolute atomic E-state index is 0.00826. The summed E-state index contributed by atoms with van der Waals surface area (Å²) in [6.07, 6.45) is 1.10. The van der Waals surface area contributed by atoms with Crippen LogP contribution in [0.5, 0.6) is 5.75 Å². The van der Waals surface area contributed by atoms with Crippen LogP contribution < -0.4 is 15.4 Å². The van der Waals surface area contributed by atoms with E-state index in [9.17, 15) is 4.79 Å². The highest BCUT2D eigenvalue weighted by molar-refractivity contribution is 5.94. The van der Waals surface area contributed by atoms with Crippen LogP contribution >= 0.6 is 0 Å². The van der Waals surface area contributed by atoms with Crippen molar-refractivity contribution in [3.05, 3.63) is 65.7 Å². The molecule has 1 fully saturated rings. The molecule has 2 aromatic rings. The minimum atomic E-state index is -0.00826. The smallest absolute Gasteiger partial charge is 0.251 e. The van der Waals surface area contributed by atoms with E-state index in [1.54, 1.807) is 0 Å². The number of carbonyl (C=O) groups is 1. The molecule has 2 N–H and O–H groups in total. The molecule has 126 valence electrons. The third-order valence-corrected chi connectivity index (χ3v) is 4.51. The molecule has 1 aliphatic rings. The predicted octanol–water partition coefficient (Wildman–Crippen LogP) is 2.99.